The number of phenols is 1. The lowest BCUT2D eigenvalue weighted by Gasteiger charge is -2.20. The maximum atomic E-state index is 11.8. The number of nitrogens with one attached hydrogen (secondary N) is 1. The molecule has 122 valence electrons. The lowest BCUT2D eigenvalue weighted by Crippen LogP contribution is -2.27. The molecular weight excluding hydrogens is 286 g/mol. The van der Waals surface area contributed by atoms with Crippen molar-refractivity contribution in [3.8, 4) is 5.75 Å². The Morgan fingerprint density at radius 2 is 1.95 bits per heavy atom. The second-order valence-corrected chi connectivity index (χ2v) is 6.25. The number of carbonyl (C=O) groups excluding carboxylic acids is 1. The molecule has 0 saturated carbocycles. The fourth-order valence-corrected chi connectivity index (χ4v) is 1.82. The van der Waals surface area contributed by atoms with Gasteiger partial charge in [-0.25, -0.2) is 4.79 Å². The summed E-state index contributed by atoms with van der Waals surface area (Å²) in [5, 5.41) is 21.1. The number of phenolic OH excluding ortho intramolecular Hbond substituents is 1. The first-order valence-electron chi connectivity index (χ1n) is 7.13. The third kappa shape index (κ3) is 6.03. The second-order valence-electron chi connectivity index (χ2n) is 6.25. The summed E-state index contributed by atoms with van der Waals surface area (Å²) in [6.45, 7) is 6.91. The number of benzene rings is 1. The van der Waals surface area contributed by atoms with Crippen LogP contribution in [0.25, 0.3) is 0 Å². The van der Waals surface area contributed by atoms with Gasteiger partial charge in [-0.1, -0.05) is 6.92 Å². The fourth-order valence-electron chi connectivity index (χ4n) is 1.82. The highest BCUT2D eigenvalue weighted by Gasteiger charge is 2.18. The Balaban J connectivity index is 2.82. The zero-order valence-corrected chi connectivity index (χ0v) is 13.3. The highest BCUT2D eigenvalue weighted by atomic mass is 16.6. The first kappa shape index (κ1) is 17.8. The van der Waals surface area contributed by atoms with Gasteiger partial charge in [0, 0.05) is 5.69 Å². The van der Waals surface area contributed by atoms with Crippen molar-refractivity contribution >= 4 is 17.7 Å². The third-order valence-electron chi connectivity index (χ3n) is 2.99. The minimum absolute atomic E-state index is 0.0627. The Morgan fingerprint density at radius 1 is 1.32 bits per heavy atom. The maximum Gasteiger partial charge on any atom is 0.412 e. The van der Waals surface area contributed by atoms with Crippen molar-refractivity contribution in [1.29, 1.82) is 0 Å². The number of aliphatic carboxylic acids is 1. The minimum atomic E-state index is -0.873. The van der Waals surface area contributed by atoms with Gasteiger partial charge in [0.1, 0.15) is 11.4 Å². The first-order chi connectivity index (χ1) is 10.1. The first-order valence-corrected chi connectivity index (χ1v) is 7.13. The van der Waals surface area contributed by atoms with E-state index in [2.05, 4.69) is 5.32 Å². The summed E-state index contributed by atoms with van der Waals surface area (Å²) in [5.74, 6) is -1.31. The molecule has 0 fully saturated rings. The van der Waals surface area contributed by atoms with E-state index in [1.54, 1.807) is 33.8 Å². The Hall–Kier alpha value is -2.24. The van der Waals surface area contributed by atoms with E-state index in [4.69, 9.17) is 9.84 Å². The molecule has 3 N–H and O–H groups in total. The molecular formula is C16H23NO5. The van der Waals surface area contributed by atoms with E-state index >= 15 is 0 Å². The van der Waals surface area contributed by atoms with Crippen LogP contribution in [0.1, 0.15) is 39.7 Å². The van der Waals surface area contributed by atoms with Crippen molar-refractivity contribution in [2.45, 2.75) is 46.1 Å². The summed E-state index contributed by atoms with van der Waals surface area (Å²) >= 11 is 0. The molecule has 0 heterocycles. The predicted molar refractivity (Wildman–Crippen MR) is 83.1 cm³/mol. The number of anilines is 1. The second kappa shape index (κ2) is 7.15. The molecule has 0 radical (unpaired) electrons. The lowest BCUT2D eigenvalue weighted by molar-refractivity contribution is -0.141. The Morgan fingerprint density at radius 3 is 2.50 bits per heavy atom. The molecule has 1 unspecified atom stereocenters. The molecule has 0 spiro atoms. The molecule has 0 bridgehead atoms. The SMILES string of the molecule is CC(CCc1cc(O)ccc1NC(=O)OC(C)(C)C)C(=O)O. The van der Waals surface area contributed by atoms with E-state index < -0.39 is 23.6 Å². The number of aryl methyl sites for hydroxylation is 1. The van der Waals surface area contributed by atoms with Crippen molar-refractivity contribution < 1.29 is 24.5 Å². The zero-order chi connectivity index (χ0) is 16.9. The average molecular weight is 309 g/mol. The normalized spacial score (nSPS) is 12.5. The third-order valence-corrected chi connectivity index (χ3v) is 2.99. The Kier molecular flexibility index (Phi) is 5.79. The van der Waals surface area contributed by atoms with Crippen molar-refractivity contribution in [3.63, 3.8) is 0 Å². The lowest BCUT2D eigenvalue weighted by atomic mass is 10.00. The summed E-state index contributed by atoms with van der Waals surface area (Å²) in [5.41, 5.74) is 0.558. The van der Waals surface area contributed by atoms with Crippen LogP contribution in [0.4, 0.5) is 10.5 Å². The summed E-state index contributed by atoms with van der Waals surface area (Å²) in [4.78, 5) is 22.7. The molecule has 6 heteroatoms. The van der Waals surface area contributed by atoms with Gasteiger partial charge < -0.3 is 14.9 Å². The smallest absolute Gasteiger partial charge is 0.412 e. The molecule has 1 amide bonds. The summed E-state index contributed by atoms with van der Waals surface area (Å²) in [7, 11) is 0. The number of ether oxygens (including phenoxy) is 1. The predicted octanol–water partition coefficient (Wildman–Crippen LogP) is 3.39. The van der Waals surface area contributed by atoms with E-state index in [0.717, 1.165) is 0 Å². The van der Waals surface area contributed by atoms with Gasteiger partial charge in [0.2, 0.25) is 0 Å². The van der Waals surface area contributed by atoms with Gasteiger partial charge in [-0.05, 0) is 57.4 Å². The van der Waals surface area contributed by atoms with Gasteiger partial charge in [0.15, 0.2) is 0 Å². The number of hydrogen-bond donors (Lipinski definition) is 3. The Labute approximate surface area is 130 Å². The quantitative estimate of drug-likeness (QED) is 0.724. The van der Waals surface area contributed by atoms with Gasteiger partial charge >= 0.3 is 12.1 Å². The molecule has 1 aromatic carbocycles. The molecule has 0 aliphatic rings. The highest BCUT2D eigenvalue weighted by Crippen LogP contribution is 2.24. The number of carboxylic acids is 1. The monoisotopic (exact) mass is 309 g/mol. The maximum absolute atomic E-state index is 11.8. The molecule has 1 aromatic rings. The van der Waals surface area contributed by atoms with Gasteiger partial charge in [0.25, 0.3) is 0 Å². The van der Waals surface area contributed by atoms with Crippen LogP contribution in [-0.4, -0.2) is 27.9 Å². The van der Waals surface area contributed by atoms with Crippen LogP contribution < -0.4 is 5.32 Å². The number of carboxylic acid groups (broad SMARTS) is 1. The Bertz CT molecular complexity index is 548. The van der Waals surface area contributed by atoms with Crippen LogP contribution in [0.5, 0.6) is 5.75 Å². The molecule has 0 aliphatic heterocycles. The van der Waals surface area contributed by atoms with E-state index in [0.29, 0.717) is 24.1 Å². The van der Waals surface area contributed by atoms with Crippen molar-refractivity contribution in [2.75, 3.05) is 5.32 Å². The van der Waals surface area contributed by atoms with Crippen LogP contribution in [0.3, 0.4) is 0 Å². The number of carbonyl (C=O) groups is 2. The number of aromatic hydroxyl groups is 1. The average Bonchev–Trinajstić information content (AvgIpc) is 2.36. The van der Waals surface area contributed by atoms with Crippen LogP contribution in [0.2, 0.25) is 0 Å². The summed E-state index contributed by atoms with van der Waals surface area (Å²) in [6.07, 6.45) is 0.236. The molecule has 0 saturated heterocycles. The van der Waals surface area contributed by atoms with Gasteiger partial charge in [-0.3, -0.25) is 10.1 Å². The molecule has 6 nitrogen and oxygen atoms in total. The molecule has 1 rings (SSSR count). The molecule has 0 aliphatic carbocycles. The van der Waals surface area contributed by atoms with Crippen LogP contribution in [0, 0.1) is 5.92 Å². The van der Waals surface area contributed by atoms with Gasteiger partial charge in [-0.2, -0.15) is 0 Å². The number of hydrogen-bond acceptors (Lipinski definition) is 4. The van der Waals surface area contributed by atoms with Gasteiger partial charge in [0.05, 0.1) is 5.92 Å². The fraction of sp³-hybridized carbons (Fsp3) is 0.500. The van der Waals surface area contributed by atoms with Gasteiger partial charge in [-0.15, -0.1) is 0 Å². The van der Waals surface area contributed by atoms with Crippen LogP contribution in [-0.2, 0) is 16.0 Å². The van der Waals surface area contributed by atoms with Crippen LogP contribution >= 0.6 is 0 Å². The van der Waals surface area contributed by atoms with E-state index in [1.165, 1.54) is 12.1 Å². The largest absolute Gasteiger partial charge is 0.508 e. The summed E-state index contributed by atoms with van der Waals surface area (Å²) in [6, 6.07) is 4.54. The van der Waals surface area contributed by atoms with Crippen molar-refractivity contribution in [3.05, 3.63) is 23.8 Å². The number of amides is 1. The summed E-state index contributed by atoms with van der Waals surface area (Å²) < 4.78 is 5.18. The topological polar surface area (TPSA) is 95.9 Å². The van der Waals surface area contributed by atoms with E-state index in [-0.39, 0.29) is 5.75 Å². The van der Waals surface area contributed by atoms with Crippen molar-refractivity contribution in [1.82, 2.24) is 0 Å². The van der Waals surface area contributed by atoms with Crippen LogP contribution in [0.15, 0.2) is 18.2 Å². The number of rotatable bonds is 5. The van der Waals surface area contributed by atoms with Crippen molar-refractivity contribution in [2.24, 2.45) is 5.92 Å². The van der Waals surface area contributed by atoms with E-state index in [1.807, 2.05) is 0 Å². The van der Waals surface area contributed by atoms with E-state index in [9.17, 15) is 14.7 Å². The molecule has 22 heavy (non-hydrogen) atoms. The zero-order valence-electron chi connectivity index (χ0n) is 13.3. The standard InChI is InChI=1S/C16H23NO5/c1-10(14(19)20)5-6-11-9-12(18)7-8-13(11)17-15(21)22-16(2,3)4/h7-10,18H,5-6H2,1-4H3,(H,17,21)(H,19,20). The highest BCUT2D eigenvalue weighted by molar-refractivity contribution is 5.86. The molecule has 1 atom stereocenters. The minimum Gasteiger partial charge on any atom is -0.508 e. The molecule has 0 aromatic heterocycles.